The Kier molecular flexibility index (Phi) is 6.49. The average molecular weight is 351 g/mol. The largest absolute Gasteiger partial charge is 0.464 e. The van der Waals surface area contributed by atoms with Crippen molar-refractivity contribution in [3.8, 4) is 0 Å². The van der Waals surface area contributed by atoms with E-state index in [0.29, 0.717) is 13.0 Å². The topological polar surface area (TPSA) is 26.3 Å². The molecule has 0 radical (unpaired) electrons. The van der Waals surface area contributed by atoms with E-state index in [9.17, 15) is 4.79 Å². The molecular formula is C12H12ClIO2. The normalized spacial score (nSPS) is 12.6. The van der Waals surface area contributed by atoms with Gasteiger partial charge in [0.2, 0.25) is 0 Å². The molecular weight excluding hydrogens is 338 g/mol. The van der Waals surface area contributed by atoms with Crippen LogP contribution in [0.1, 0.15) is 17.4 Å². The van der Waals surface area contributed by atoms with E-state index in [0.717, 1.165) is 5.56 Å². The first-order chi connectivity index (χ1) is 7.75. The Hall–Kier alpha value is -0.550. The van der Waals surface area contributed by atoms with Gasteiger partial charge in [-0.3, -0.25) is 4.79 Å². The van der Waals surface area contributed by atoms with Crippen LogP contribution < -0.4 is 0 Å². The number of hydrogen-bond acceptors (Lipinski definition) is 2. The summed E-state index contributed by atoms with van der Waals surface area (Å²) in [5.41, 5.74) is 0.763. The molecule has 1 rings (SSSR count). The van der Waals surface area contributed by atoms with Crippen LogP contribution in [0.4, 0.5) is 0 Å². The number of carbonyl (C=O) groups excluding carboxylic acids is 1. The second-order valence-electron chi connectivity index (χ2n) is 3.09. The van der Waals surface area contributed by atoms with Crippen molar-refractivity contribution < 1.29 is 9.53 Å². The van der Waals surface area contributed by atoms with Crippen molar-refractivity contribution in [3.63, 3.8) is 0 Å². The van der Waals surface area contributed by atoms with E-state index in [1.807, 2.05) is 40.5 Å². The molecule has 16 heavy (non-hydrogen) atoms. The molecule has 0 spiro atoms. The molecule has 0 aliphatic heterocycles. The molecule has 0 saturated heterocycles. The lowest BCUT2D eigenvalue weighted by molar-refractivity contribution is -0.143. The lowest BCUT2D eigenvalue weighted by atomic mass is 10.1. The highest BCUT2D eigenvalue weighted by Gasteiger charge is 2.18. The fraction of sp³-hybridized carbons (Fsp3) is 0.250. The predicted molar refractivity (Wildman–Crippen MR) is 73.8 cm³/mol. The molecule has 0 heterocycles. The number of halogens is 2. The van der Waals surface area contributed by atoms with E-state index in [1.165, 1.54) is 0 Å². The van der Waals surface area contributed by atoms with Crippen molar-refractivity contribution in [2.24, 2.45) is 0 Å². The fourth-order valence-electron chi connectivity index (χ4n) is 1.12. The van der Waals surface area contributed by atoms with Gasteiger partial charge in [0, 0.05) is 6.42 Å². The van der Waals surface area contributed by atoms with Crippen molar-refractivity contribution in [2.45, 2.75) is 11.8 Å². The molecule has 1 aromatic rings. The van der Waals surface area contributed by atoms with Crippen LogP contribution >= 0.6 is 34.2 Å². The Morgan fingerprint density at radius 1 is 1.44 bits per heavy atom. The second-order valence-corrected chi connectivity index (χ2v) is 4.25. The third-order valence-electron chi connectivity index (χ3n) is 1.92. The zero-order chi connectivity index (χ0) is 11.8. The summed E-state index contributed by atoms with van der Waals surface area (Å²) in [4.78, 5) is 11.5. The first kappa shape index (κ1) is 13.5. The maximum Gasteiger partial charge on any atom is 0.328 e. The van der Waals surface area contributed by atoms with Crippen molar-refractivity contribution in [1.82, 2.24) is 0 Å². The Balaban J connectivity index is 2.42. The molecule has 2 nitrogen and oxygen atoms in total. The number of ether oxygens (including phenoxy) is 1. The molecule has 0 aromatic heterocycles. The van der Waals surface area contributed by atoms with Gasteiger partial charge in [0.1, 0.15) is 0 Å². The SMILES string of the molecule is O=C(OCC/C=C/I)C(Cl)c1ccccc1. The van der Waals surface area contributed by atoms with Crippen molar-refractivity contribution in [1.29, 1.82) is 0 Å². The van der Waals surface area contributed by atoms with Gasteiger partial charge < -0.3 is 4.74 Å². The molecule has 0 bridgehead atoms. The highest BCUT2D eigenvalue weighted by Crippen LogP contribution is 2.21. The van der Waals surface area contributed by atoms with Crippen LogP contribution in [0, 0.1) is 0 Å². The highest BCUT2D eigenvalue weighted by atomic mass is 127. The monoisotopic (exact) mass is 350 g/mol. The standard InChI is InChI=1S/C12H12ClIO2/c13-11(10-6-2-1-3-7-10)12(15)16-9-5-4-8-14/h1-4,6-8,11H,5,9H2/b8-4+. The summed E-state index contributed by atoms with van der Waals surface area (Å²) < 4.78 is 6.92. The average Bonchev–Trinajstić information content (AvgIpc) is 2.34. The van der Waals surface area contributed by atoms with E-state index in [4.69, 9.17) is 16.3 Å². The predicted octanol–water partition coefficient (Wildman–Crippen LogP) is 3.85. The van der Waals surface area contributed by atoms with E-state index < -0.39 is 11.3 Å². The minimum Gasteiger partial charge on any atom is -0.464 e. The summed E-state index contributed by atoms with van der Waals surface area (Å²) in [7, 11) is 0. The molecule has 0 amide bonds. The molecule has 0 N–H and O–H groups in total. The number of alkyl halides is 1. The number of carbonyl (C=O) groups is 1. The van der Waals surface area contributed by atoms with Crippen LogP contribution in [-0.2, 0) is 9.53 Å². The summed E-state index contributed by atoms with van der Waals surface area (Å²) in [5, 5.41) is -0.718. The lowest BCUT2D eigenvalue weighted by Crippen LogP contribution is -2.11. The van der Waals surface area contributed by atoms with Gasteiger partial charge in [0.05, 0.1) is 6.61 Å². The zero-order valence-electron chi connectivity index (χ0n) is 8.61. The van der Waals surface area contributed by atoms with Gasteiger partial charge >= 0.3 is 5.97 Å². The lowest BCUT2D eigenvalue weighted by Gasteiger charge is -2.09. The molecule has 0 aliphatic carbocycles. The van der Waals surface area contributed by atoms with Crippen LogP contribution in [0.2, 0.25) is 0 Å². The van der Waals surface area contributed by atoms with E-state index in [2.05, 4.69) is 22.6 Å². The molecule has 0 saturated carbocycles. The van der Waals surface area contributed by atoms with Gasteiger partial charge in [-0.15, -0.1) is 11.6 Å². The van der Waals surface area contributed by atoms with E-state index in [1.54, 1.807) is 0 Å². The van der Waals surface area contributed by atoms with Crippen LogP contribution in [0.3, 0.4) is 0 Å². The summed E-state index contributed by atoms with van der Waals surface area (Å²) in [6.07, 6.45) is 2.65. The highest BCUT2D eigenvalue weighted by molar-refractivity contribution is 14.1. The number of hydrogen-bond donors (Lipinski definition) is 0. The molecule has 1 aromatic carbocycles. The molecule has 86 valence electrons. The quantitative estimate of drug-likeness (QED) is 0.349. The third kappa shape index (κ3) is 4.53. The minimum absolute atomic E-state index is 0.369. The first-order valence-electron chi connectivity index (χ1n) is 4.86. The Morgan fingerprint density at radius 2 is 2.12 bits per heavy atom. The molecule has 0 aliphatic rings. The van der Waals surface area contributed by atoms with Gasteiger partial charge in [0.15, 0.2) is 5.38 Å². The van der Waals surface area contributed by atoms with Crippen molar-refractivity contribution in [2.75, 3.05) is 6.61 Å². The molecule has 1 unspecified atom stereocenters. The Labute approximate surface area is 114 Å². The molecule has 0 fully saturated rings. The third-order valence-corrected chi connectivity index (χ3v) is 2.86. The number of rotatable bonds is 5. The van der Waals surface area contributed by atoms with Gasteiger partial charge in [0.25, 0.3) is 0 Å². The van der Waals surface area contributed by atoms with Crippen molar-refractivity contribution in [3.05, 3.63) is 46.1 Å². The van der Waals surface area contributed by atoms with Crippen LogP contribution in [0.25, 0.3) is 0 Å². The maximum absolute atomic E-state index is 11.5. The summed E-state index contributed by atoms with van der Waals surface area (Å²) in [6, 6.07) is 9.19. The fourth-order valence-corrected chi connectivity index (χ4v) is 1.69. The maximum atomic E-state index is 11.5. The van der Waals surface area contributed by atoms with Gasteiger partial charge in [-0.1, -0.05) is 59.0 Å². The van der Waals surface area contributed by atoms with Crippen LogP contribution in [-0.4, -0.2) is 12.6 Å². The summed E-state index contributed by atoms with van der Waals surface area (Å²) in [5.74, 6) is -0.394. The van der Waals surface area contributed by atoms with Crippen molar-refractivity contribution >= 4 is 40.2 Å². The Bertz CT molecular complexity index is 351. The molecule has 4 heteroatoms. The summed E-state index contributed by atoms with van der Waals surface area (Å²) >= 11 is 8.10. The van der Waals surface area contributed by atoms with E-state index >= 15 is 0 Å². The van der Waals surface area contributed by atoms with Gasteiger partial charge in [-0.25, -0.2) is 0 Å². The number of benzene rings is 1. The Morgan fingerprint density at radius 3 is 2.75 bits per heavy atom. The smallest absolute Gasteiger partial charge is 0.328 e. The van der Waals surface area contributed by atoms with Crippen LogP contribution in [0.15, 0.2) is 40.5 Å². The zero-order valence-corrected chi connectivity index (χ0v) is 11.5. The first-order valence-corrected chi connectivity index (χ1v) is 6.55. The molecule has 1 atom stereocenters. The van der Waals surface area contributed by atoms with Gasteiger partial charge in [-0.05, 0) is 9.65 Å². The second kappa shape index (κ2) is 7.68. The van der Waals surface area contributed by atoms with Gasteiger partial charge in [-0.2, -0.15) is 0 Å². The summed E-state index contributed by atoms with van der Waals surface area (Å²) in [6.45, 7) is 0.369. The number of esters is 1. The minimum atomic E-state index is -0.718. The van der Waals surface area contributed by atoms with Crippen LogP contribution in [0.5, 0.6) is 0 Å². The van der Waals surface area contributed by atoms with E-state index in [-0.39, 0.29) is 0 Å².